The van der Waals surface area contributed by atoms with Crippen molar-refractivity contribution in [2.75, 3.05) is 7.11 Å². The molecule has 0 aliphatic heterocycles. The van der Waals surface area contributed by atoms with Crippen LogP contribution in [-0.2, 0) is 0 Å². The number of hydrogen-bond acceptors (Lipinski definition) is 1. The summed E-state index contributed by atoms with van der Waals surface area (Å²) in [6.07, 6.45) is 0. The average Bonchev–Trinajstić information content (AvgIpc) is 2.41. The second-order valence-corrected chi connectivity index (χ2v) is 6.45. The van der Waals surface area contributed by atoms with Gasteiger partial charge in [-0.25, -0.2) is 0 Å². The van der Waals surface area contributed by atoms with Crippen molar-refractivity contribution in [1.82, 2.24) is 0 Å². The minimum atomic E-state index is -0.483. The molecule has 2 aromatic carbocycles. The Labute approximate surface area is 141 Å². The van der Waals surface area contributed by atoms with Crippen molar-refractivity contribution in [2.45, 2.75) is 12.3 Å². The highest BCUT2D eigenvalue weighted by Crippen LogP contribution is 2.43. The Morgan fingerprint density at radius 2 is 1.75 bits per heavy atom. The second-order valence-electron chi connectivity index (χ2n) is 4.34. The third-order valence-corrected chi connectivity index (χ3v) is 5.00. The lowest BCUT2D eigenvalue weighted by molar-refractivity contribution is 0.409. The first-order chi connectivity index (χ1) is 9.45. The fourth-order valence-corrected chi connectivity index (χ4v) is 3.45. The molecule has 0 aliphatic carbocycles. The van der Waals surface area contributed by atoms with Gasteiger partial charge in [0.1, 0.15) is 5.75 Å². The van der Waals surface area contributed by atoms with E-state index in [-0.39, 0.29) is 0 Å². The molecule has 0 aliphatic rings. The summed E-state index contributed by atoms with van der Waals surface area (Å²) in [6, 6.07) is 9.20. The monoisotopic (exact) mass is 392 g/mol. The normalized spacial score (nSPS) is 12.3. The van der Waals surface area contributed by atoms with E-state index in [1.54, 1.807) is 25.3 Å². The van der Waals surface area contributed by atoms with Crippen LogP contribution >= 0.6 is 50.7 Å². The third-order valence-electron chi connectivity index (χ3n) is 3.04. The van der Waals surface area contributed by atoms with Gasteiger partial charge in [0.25, 0.3) is 0 Å². The Balaban J connectivity index is 2.59. The highest BCUT2D eigenvalue weighted by molar-refractivity contribution is 9.10. The van der Waals surface area contributed by atoms with Gasteiger partial charge >= 0.3 is 0 Å². The van der Waals surface area contributed by atoms with Crippen LogP contribution in [0, 0.1) is 6.92 Å². The van der Waals surface area contributed by atoms with Gasteiger partial charge < -0.3 is 4.74 Å². The van der Waals surface area contributed by atoms with Crippen LogP contribution in [0.3, 0.4) is 0 Å². The summed E-state index contributed by atoms with van der Waals surface area (Å²) >= 11 is 22.5. The number of alkyl halides is 1. The highest BCUT2D eigenvalue weighted by atomic mass is 79.9. The molecule has 20 heavy (non-hydrogen) atoms. The molecule has 0 saturated heterocycles. The van der Waals surface area contributed by atoms with E-state index in [1.807, 2.05) is 19.1 Å². The van der Waals surface area contributed by atoms with E-state index in [4.69, 9.17) is 39.5 Å². The fraction of sp³-hybridized carbons (Fsp3) is 0.200. The molecule has 1 unspecified atom stereocenters. The maximum atomic E-state index is 6.58. The van der Waals surface area contributed by atoms with Gasteiger partial charge in [-0.05, 0) is 36.8 Å². The molecule has 5 heteroatoms. The lowest BCUT2D eigenvalue weighted by Gasteiger charge is -2.18. The molecule has 0 amide bonds. The molecule has 0 bridgehead atoms. The molecular weight excluding hydrogens is 382 g/mol. The van der Waals surface area contributed by atoms with Gasteiger partial charge in [-0.1, -0.05) is 45.2 Å². The zero-order chi connectivity index (χ0) is 14.9. The predicted octanol–water partition coefficient (Wildman–Crippen LogP) is 6.40. The van der Waals surface area contributed by atoms with Crippen molar-refractivity contribution in [1.29, 1.82) is 0 Å². The zero-order valence-corrected chi connectivity index (χ0v) is 14.7. The van der Waals surface area contributed by atoms with E-state index in [2.05, 4.69) is 15.9 Å². The SMILES string of the molecule is COc1cc(C)c(Br)cc1C(Cl)c1c(Cl)cccc1Cl. The number of methoxy groups -OCH3 is 1. The average molecular weight is 395 g/mol. The van der Waals surface area contributed by atoms with Gasteiger partial charge in [0.2, 0.25) is 0 Å². The summed E-state index contributed by atoms with van der Waals surface area (Å²) in [5.41, 5.74) is 2.58. The van der Waals surface area contributed by atoms with E-state index in [1.165, 1.54) is 0 Å². The molecular formula is C15H12BrCl3O. The smallest absolute Gasteiger partial charge is 0.124 e. The van der Waals surface area contributed by atoms with Crippen molar-refractivity contribution < 1.29 is 4.74 Å². The lowest BCUT2D eigenvalue weighted by atomic mass is 10.0. The van der Waals surface area contributed by atoms with Crippen LogP contribution in [0.15, 0.2) is 34.8 Å². The third kappa shape index (κ3) is 3.09. The van der Waals surface area contributed by atoms with Crippen LogP contribution in [0.2, 0.25) is 10.0 Å². The number of aryl methyl sites for hydroxylation is 1. The Bertz CT molecular complexity index is 623. The number of halogens is 4. The minimum Gasteiger partial charge on any atom is -0.496 e. The number of ether oxygens (including phenoxy) is 1. The van der Waals surface area contributed by atoms with Gasteiger partial charge in [0.05, 0.1) is 12.5 Å². The van der Waals surface area contributed by atoms with Crippen LogP contribution in [0.1, 0.15) is 22.1 Å². The highest BCUT2D eigenvalue weighted by Gasteiger charge is 2.22. The summed E-state index contributed by atoms with van der Waals surface area (Å²) in [6.45, 7) is 1.99. The fourth-order valence-electron chi connectivity index (χ4n) is 1.95. The molecule has 0 fully saturated rings. The van der Waals surface area contributed by atoms with E-state index in [0.717, 1.165) is 15.6 Å². The molecule has 0 N–H and O–H groups in total. The number of rotatable bonds is 3. The summed E-state index contributed by atoms with van der Waals surface area (Å²) in [7, 11) is 1.62. The quantitative estimate of drug-likeness (QED) is 0.547. The summed E-state index contributed by atoms with van der Waals surface area (Å²) in [5.74, 6) is 0.710. The first-order valence-electron chi connectivity index (χ1n) is 5.87. The van der Waals surface area contributed by atoms with Crippen molar-refractivity contribution in [3.05, 3.63) is 61.5 Å². The first-order valence-corrected chi connectivity index (χ1v) is 7.86. The molecule has 106 valence electrons. The maximum Gasteiger partial charge on any atom is 0.124 e. The summed E-state index contributed by atoms with van der Waals surface area (Å²) in [5, 5.41) is 0.593. The van der Waals surface area contributed by atoms with Crippen molar-refractivity contribution in [3.8, 4) is 5.75 Å². The second kappa shape index (κ2) is 6.57. The Kier molecular flexibility index (Phi) is 5.25. The summed E-state index contributed by atoms with van der Waals surface area (Å²) in [4.78, 5) is 0. The molecule has 0 aromatic heterocycles. The zero-order valence-electron chi connectivity index (χ0n) is 10.9. The topological polar surface area (TPSA) is 9.23 Å². The van der Waals surface area contributed by atoms with Crippen LogP contribution < -0.4 is 4.74 Å². The molecule has 0 spiro atoms. The van der Waals surface area contributed by atoms with E-state index in [9.17, 15) is 0 Å². The number of hydrogen-bond donors (Lipinski definition) is 0. The van der Waals surface area contributed by atoms with Crippen molar-refractivity contribution >= 4 is 50.7 Å². The van der Waals surface area contributed by atoms with Crippen LogP contribution in [0.25, 0.3) is 0 Å². The van der Waals surface area contributed by atoms with E-state index >= 15 is 0 Å². The van der Waals surface area contributed by atoms with Crippen molar-refractivity contribution in [3.63, 3.8) is 0 Å². The van der Waals surface area contributed by atoms with Crippen LogP contribution in [0.4, 0.5) is 0 Å². The molecule has 2 aromatic rings. The van der Waals surface area contributed by atoms with Crippen LogP contribution in [0.5, 0.6) is 5.75 Å². The standard InChI is InChI=1S/C15H12BrCl3O/c1-8-6-13(20-2)9(7-10(8)16)15(19)14-11(17)4-3-5-12(14)18/h3-7,15H,1-2H3. The van der Waals surface area contributed by atoms with Gasteiger partial charge in [-0.15, -0.1) is 11.6 Å². The molecule has 2 rings (SSSR count). The largest absolute Gasteiger partial charge is 0.496 e. The van der Waals surface area contributed by atoms with Gasteiger partial charge in [0, 0.05) is 25.6 Å². The van der Waals surface area contributed by atoms with E-state index in [0.29, 0.717) is 21.4 Å². The lowest BCUT2D eigenvalue weighted by Crippen LogP contribution is -2.00. The van der Waals surface area contributed by atoms with Gasteiger partial charge in [0.15, 0.2) is 0 Å². The molecule has 0 radical (unpaired) electrons. The Hall–Kier alpha value is -0.410. The van der Waals surface area contributed by atoms with Crippen molar-refractivity contribution in [2.24, 2.45) is 0 Å². The maximum absolute atomic E-state index is 6.58. The van der Waals surface area contributed by atoms with Gasteiger partial charge in [-0.3, -0.25) is 0 Å². The summed E-state index contributed by atoms with van der Waals surface area (Å²) < 4.78 is 6.37. The number of benzene rings is 2. The predicted molar refractivity (Wildman–Crippen MR) is 89.6 cm³/mol. The van der Waals surface area contributed by atoms with Crippen LogP contribution in [-0.4, -0.2) is 7.11 Å². The molecule has 1 nitrogen and oxygen atoms in total. The molecule has 0 heterocycles. The minimum absolute atomic E-state index is 0.483. The van der Waals surface area contributed by atoms with E-state index < -0.39 is 5.38 Å². The van der Waals surface area contributed by atoms with Gasteiger partial charge in [-0.2, -0.15) is 0 Å². The molecule has 1 atom stereocenters. The Morgan fingerprint density at radius 3 is 2.30 bits per heavy atom. The first kappa shape index (κ1) is 16.0. The molecule has 0 saturated carbocycles. The Morgan fingerprint density at radius 1 is 1.15 bits per heavy atom.